The van der Waals surface area contributed by atoms with Crippen LogP contribution < -0.4 is 15.2 Å². The number of hydrogen-bond acceptors (Lipinski definition) is 3. The number of para-hydroxylation sites is 1. The van der Waals surface area contributed by atoms with E-state index in [1.165, 1.54) is 0 Å². The van der Waals surface area contributed by atoms with Gasteiger partial charge in [0.1, 0.15) is 11.5 Å². The van der Waals surface area contributed by atoms with Gasteiger partial charge in [-0.05, 0) is 36.8 Å². The zero-order valence-electron chi connectivity index (χ0n) is 12.1. The molecule has 0 fully saturated rings. The van der Waals surface area contributed by atoms with Gasteiger partial charge in [0.25, 0.3) is 0 Å². The Bertz CT molecular complexity index is 558. The van der Waals surface area contributed by atoms with Crippen LogP contribution in [-0.2, 0) is 0 Å². The first-order chi connectivity index (χ1) is 10.2. The van der Waals surface area contributed by atoms with Gasteiger partial charge in [-0.15, -0.1) is 0 Å². The molecule has 2 aromatic rings. The van der Waals surface area contributed by atoms with E-state index in [-0.39, 0.29) is 6.04 Å². The molecular weight excluding hydrogens is 286 g/mol. The monoisotopic (exact) mass is 305 g/mol. The molecule has 4 heteroatoms. The summed E-state index contributed by atoms with van der Waals surface area (Å²) >= 11 is 6.17. The highest BCUT2D eigenvalue weighted by molar-refractivity contribution is 6.32. The number of ether oxygens (including phenoxy) is 2. The SMILES string of the molecule is C[C@@H](N)c1ccc(OCCCOc2ccccc2)c(Cl)c1. The summed E-state index contributed by atoms with van der Waals surface area (Å²) in [7, 11) is 0. The van der Waals surface area contributed by atoms with Gasteiger partial charge in [0.15, 0.2) is 0 Å². The van der Waals surface area contributed by atoms with Gasteiger partial charge in [-0.25, -0.2) is 0 Å². The van der Waals surface area contributed by atoms with E-state index in [1.54, 1.807) is 0 Å². The first-order valence-corrected chi connectivity index (χ1v) is 7.40. The van der Waals surface area contributed by atoms with Crippen LogP contribution in [0.5, 0.6) is 11.5 Å². The highest BCUT2D eigenvalue weighted by atomic mass is 35.5. The third-order valence-corrected chi connectivity index (χ3v) is 3.34. The molecule has 0 bridgehead atoms. The smallest absolute Gasteiger partial charge is 0.137 e. The Morgan fingerprint density at radius 3 is 2.43 bits per heavy atom. The van der Waals surface area contributed by atoms with E-state index < -0.39 is 0 Å². The van der Waals surface area contributed by atoms with Gasteiger partial charge >= 0.3 is 0 Å². The summed E-state index contributed by atoms with van der Waals surface area (Å²) in [5, 5.41) is 0.591. The Morgan fingerprint density at radius 1 is 1.05 bits per heavy atom. The van der Waals surface area contributed by atoms with Crippen LogP contribution in [0.2, 0.25) is 5.02 Å². The quantitative estimate of drug-likeness (QED) is 0.779. The van der Waals surface area contributed by atoms with Gasteiger partial charge < -0.3 is 15.2 Å². The first kappa shape index (κ1) is 15.7. The molecule has 0 unspecified atom stereocenters. The van der Waals surface area contributed by atoms with Crippen LogP contribution >= 0.6 is 11.6 Å². The maximum absolute atomic E-state index is 6.17. The molecule has 2 N–H and O–H groups in total. The van der Waals surface area contributed by atoms with Crippen molar-refractivity contribution in [1.82, 2.24) is 0 Å². The van der Waals surface area contributed by atoms with Gasteiger partial charge in [-0.2, -0.15) is 0 Å². The van der Waals surface area contributed by atoms with Gasteiger partial charge in [-0.3, -0.25) is 0 Å². The van der Waals surface area contributed by atoms with Crippen molar-refractivity contribution in [2.24, 2.45) is 5.73 Å². The molecule has 21 heavy (non-hydrogen) atoms. The lowest BCUT2D eigenvalue weighted by atomic mass is 10.1. The van der Waals surface area contributed by atoms with E-state index in [1.807, 2.05) is 55.5 Å². The van der Waals surface area contributed by atoms with Crippen LogP contribution in [0.3, 0.4) is 0 Å². The Morgan fingerprint density at radius 2 is 1.76 bits per heavy atom. The average Bonchev–Trinajstić information content (AvgIpc) is 2.49. The van der Waals surface area contributed by atoms with E-state index in [9.17, 15) is 0 Å². The molecule has 0 aromatic heterocycles. The molecule has 112 valence electrons. The Hall–Kier alpha value is -1.71. The van der Waals surface area contributed by atoms with Crippen molar-refractivity contribution in [1.29, 1.82) is 0 Å². The van der Waals surface area contributed by atoms with Gasteiger partial charge in [0.05, 0.1) is 18.2 Å². The van der Waals surface area contributed by atoms with Gasteiger partial charge in [0.2, 0.25) is 0 Å². The zero-order valence-corrected chi connectivity index (χ0v) is 12.8. The van der Waals surface area contributed by atoms with E-state index >= 15 is 0 Å². The topological polar surface area (TPSA) is 44.5 Å². The Labute approximate surface area is 130 Å². The van der Waals surface area contributed by atoms with Gasteiger partial charge in [-0.1, -0.05) is 35.9 Å². The lowest BCUT2D eigenvalue weighted by Crippen LogP contribution is -2.07. The van der Waals surface area contributed by atoms with Crippen molar-refractivity contribution in [3.8, 4) is 11.5 Å². The highest BCUT2D eigenvalue weighted by Gasteiger charge is 2.05. The van der Waals surface area contributed by atoms with Crippen molar-refractivity contribution in [3.63, 3.8) is 0 Å². The standard InChI is InChI=1S/C17H20ClNO2/c1-13(19)14-8-9-17(16(18)12-14)21-11-5-10-20-15-6-3-2-4-7-15/h2-4,6-9,12-13H,5,10-11,19H2,1H3/t13-/m1/s1. The number of halogens is 1. The average molecular weight is 306 g/mol. The molecule has 0 heterocycles. The van der Waals surface area contributed by atoms with Crippen LogP contribution in [-0.4, -0.2) is 13.2 Å². The second-order valence-corrected chi connectivity index (χ2v) is 5.25. The van der Waals surface area contributed by atoms with Crippen molar-refractivity contribution < 1.29 is 9.47 Å². The van der Waals surface area contributed by atoms with Crippen molar-refractivity contribution >= 4 is 11.6 Å². The fourth-order valence-corrected chi connectivity index (χ4v) is 2.11. The summed E-state index contributed by atoms with van der Waals surface area (Å²) in [5.41, 5.74) is 6.81. The molecule has 2 aromatic carbocycles. The molecule has 0 aliphatic rings. The number of nitrogens with two attached hydrogens (primary N) is 1. The molecule has 0 spiro atoms. The molecule has 2 rings (SSSR count). The summed E-state index contributed by atoms with van der Waals surface area (Å²) in [5.74, 6) is 1.55. The third-order valence-electron chi connectivity index (χ3n) is 3.04. The zero-order chi connectivity index (χ0) is 15.1. The normalized spacial score (nSPS) is 12.0. The molecule has 0 amide bonds. The molecule has 1 atom stereocenters. The number of rotatable bonds is 7. The lowest BCUT2D eigenvalue weighted by molar-refractivity contribution is 0.247. The van der Waals surface area contributed by atoms with E-state index in [0.29, 0.717) is 24.0 Å². The second kappa shape index (κ2) is 7.91. The summed E-state index contributed by atoms with van der Waals surface area (Å²) in [4.78, 5) is 0. The fourth-order valence-electron chi connectivity index (χ4n) is 1.87. The molecule has 3 nitrogen and oxygen atoms in total. The third kappa shape index (κ3) is 4.96. The lowest BCUT2D eigenvalue weighted by Gasteiger charge is -2.11. The maximum atomic E-state index is 6.17. The van der Waals surface area contributed by atoms with Crippen molar-refractivity contribution in [3.05, 3.63) is 59.1 Å². The molecule has 0 saturated heterocycles. The molecule has 0 saturated carbocycles. The summed E-state index contributed by atoms with van der Waals surface area (Å²) < 4.78 is 11.3. The summed E-state index contributed by atoms with van der Waals surface area (Å²) in [6.45, 7) is 3.09. The molecule has 0 aliphatic heterocycles. The first-order valence-electron chi connectivity index (χ1n) is 7.02. The Balaban J connectivity index is 1.74. The van der Waals surface area contributed by atoms with Crippen LogP contribution in [0.15, 0.2) is 48.5 Å². The minimum absolute atomic E-state index is 0.0316. The van der Waals surface area contributed by atoms with Crippen molar-refractivity contribution in [2.75, 3.05) is 13.2 Å². The predicted octanol–water partition coefficient (Wildman–Crippen LogP) is 4.21. The fraction of sp³-hybridized carbons (Fsp3) is 0.294. The van der Waals surface area contributed by atoms with Crippen LogP contribution in [0, 0.1) is 0 Å². The Kier molecular flexibility index (Phi) is 5.90. The molecule has 0 aliphatic carbocycles. The van der Waals surface area contributed by atoms with Crippen molar-refractivity contribution in [2.45, 2.75) is 19.4 Å². The minimum Gasteiger partial charge on any atom is -0.493 e. The largest absolute Gasteiger partial charge is 0.493 e. The number of hydrogen-bond donors (Lipinski definition) is 1. The summed E-state index contributed by atoms with van der Waals surface area (Å²) in [6, 6.07) is 15.3. The second-order valence-electron chi connectivity index (χ2n) is 4.84. The number of benzene rings is 2. The minimum atomic E-state index is -0.0316. The molecular formula is C17H20ClNO2. The van der Waals surface area contributed by atoms with Crippen LogP contribution in [0.4, 0.5) is 0 Å². The van der Waals surface area contributed by atoms with Crippen LogP contribution in [0.25, 0.3) is 0 Å². The van der Waals surface area contributed by atoms with E-state index in [2.05, 4.69) is 0 Å². The van der Waals surface area contributed by atoms with E-state index in [4.69, 9.17) is 26.8 Å². The molecule has 0 radical (unpaired) electrons. The summed E-state index contributed by atoms with van der Waals surface area (Å²) in [6.07, 6.45) is 0.792. The van der Waals surface area contributed by atoms with E-state index in [0.717, 1.165) is 17.7 Å². The van der Waals surface area contributed by atoms with Gasteiger partial charge in [0, 0.05) is 12.5 Å². The maximum Gasteiger partial charge on any atom is 0.137 e. The highest BCUT2D eigenvalue weighted by Crippen LogP contribution is 2.27. The van der Waals surface area contributed by atoms with Crippen LogP contribution in [0.1, 0.15) is 24.9 Å². The predicted molar refractivity (Wildman–Crippen MR) is 86.1 cm³/mol.